The molecular formula is C17H18N4O4. The highest BCUT2D eigenvalue weighted by Crippen LogP contribution is 2.15. The van der Waals surface area contributed by atoms with Crippen molar-refractivity contribution in [1.29, 1.82) is 0 Å². The summed E-state index contributed by atoms with van der Waals surface area (Å²) in [5.41, 5.74) is 3.62. The van der Waals surface area contributed by atoms with Crippen molar-refractivity contribution < 1.29 is 14.5 Å². The predicted octanol–water partition coefficient (Wildman–Crippen LogP) is 2.56. The third kappa shape index (κ3) is 5.94. The fraction of sp³-hybridized carbons (Fsp3) is 0.176. The van der Waals surface area contributed by atoms with Crippen molar-refractivity contribution in [3.63, 3.8) is 0 Å². The number of ether oxygens (including phenoxy) is 1. The summed E-state index contributed by atoms with van der Waals surface area (Å²) in [7, 11) is 0. The van der Waals surface area contributed by atoms with Gasteiger partial charge in [-0.2, -0.15) is 5.10 Å². The zero-order valence-corrected chi connectivity index (χ0v) is 13.6. The summed E-state index contributed by atoms with van der Waals surface area (Å²) >= 11 is 0. The number of anilines is 1. The maximum atomic E-state index is 11.7. The Labute approximate surface area is 144 Å². The van der Waals surface area contributed by atoms with Gasteiger partial charge in [0.05, 0.1) is 24.3 Å². The molecule has 0 bridgehead atoms. The van der Waals surface area contributed by atoms with Gasteiger partial charge in [-0.15, -0.1) is 0 Å². The van der Waals surface area contributed by atoms with E-state index in [0.717, 1.165) is 11.4 Å². The molecule has 0 aromatic heterocycles. The van der Waals surface area contributed by atoms with E-state index in [1.807, 2.05) is 31.2 Å². The molecule has 2 aromatic carbocycles. The quantitative estimate of drug-likeness (QED) is 0.436. The van der Waals surface area contributed by atoms with E-state index in [4.69, 9.17) is 4.74 Å². The van der Waals surface area contributed by atoms with Gasteiger partial charge in [0.2, 0.25) is 0 Å². The highest BCUT2D eigenvalue weighted by Gasteiger charge is 2.04. The lowest BCUT2D eigenvalue weighted by atomic mass is 10.2. The van der Waals surface area contributed by atoms with Crippen LogP contribution in [0.2, 0.25) is 0 Å². The number of rotatable bonds is 8. The second-order valence-electron chi connectivity index (χ2n) is 4.96. The highest BCUT2D eigenvalue weighted by molar-refractivity contribution is 5.84. The third-order valence-electron chi connectivity index (χ3n) is 3.10. The Morgan fingerprint density at radius 2 is 2.04 bits per heavy atom. The normalized spacial score (nSPS) is 10.4. The number of nitro groups is 1. The molecule has 2 aromatic rings. The summed E-state index contributed by atoms with van der Waals surface area (Å²) in [4.78, 5) is 21.9. The van der Waals surface area contributed by atoms with Crippen LogP contribution in [0, 0.1) is 10.1 Å². The summed E-state index contributed by atoms with van der Waals surface area (Å²) in [6.07, 6.45) is 1.35. The number of amides is 1. The minimum absolute atomic E-state index is 0.0348. The van der Waals surface area contributed by atoms with Gasteiger partial charge in [-0.3, -0.25) is 14.9 Å². The Morgan fingerprint density at radius 1 is 1.28 bits per heavy atom. The standard InChI is InChI=1S/C17H18N4O4/c1-2-25-16-8-6-14(7-9-16)18-12-17(22)20-19-11-13-4-3-5-15(10-13)21(23)24/h3-11,18H,2,12H2,1H3,(H,20,22)/b19-11+. The molecule has 130 valence electrons. The molecule has 0 saturated heterocycles. The Kier molecular flexibility index (Phi) is 6.47. The Morgan fingerprint density at radius 3 is 2.72 bits per heavy atom. The van der Waals surface area contributed by atoms with Crippen LogP contribution in [0.3, 0.4) is 0 Å². The number of carbonyl (C=O) groups is 1. The van der Waals surface area contributed by atoms with Crippen molar-refractivity contribution in [3.05, 3.63) is 64.2 Å². The van der Waals surface area contributed by atoms with Gasteiger partial charge in [-0.1, -0.05) is 12.1 Å². The molecular weight excluding hydrogens is 324 g/mol. The molecule has 0 radical (unpaired) electrons. The lowest BCUT2D eigenvalue weighted by Gasteiger charge is -2.07. The number of hydrogen-bond donors (Lipinski definition) is 2. The van der Waals surface area contributed by atoms with E-state index in [-0.39, 0.29) is 18.1 Å². The summed E-state index contributed by atoms with van der Waals surface area (Å²) in [5.74, 6) is 0.426. The number of nitro benzene ring substituents is 1. The van der Waals surface area contributed by atoms with Gasteiger partial charge in [-0.25, -0.2) is 5.43 Å². The van der Waals surface area contributed by atoms with E-state index in [9.17, 15) is 14.9 Å². The fourth-order valence-corrected chi connectivity index (χ4v) is 1.96. The van der Waals surface area contributed by atoms with E-state index >= 15 is 0 Å². The van der Waals surface area contributed by atoms with Gasteiger partial charge in [0.15, 0.2) is 0 Å². The SMILES string of the molecule is CCOc1ccc(NCC(=O)N/N=C/c2cccc([N+](=O)[O-])c2)cc1. The number of benzene rings is 2. The molecule has 0 fully saturated rings. The topological polar surface area (TPSA) is 106 Å². The Hall–Kier alpha value is -3.42. The van der Waals surface area contributed by atoms with Gasteiger partial charge < -0.3 is 10.1 Å². The number of nitrogens with one attached hydrogen (secondary N) is 2. The van der Waals surface area contributed by atoms with Crippen molar-refractivity contribution >= 4 is 23.5 Å². The molecule has 0 atom stereocenters. The minimum atomic E-state index is -0.489. The van der Waals surface area contributed by atoms with Crippen LogP contribution >= 0.6 is 0 Å². The zero-order valence-electron chi connectivity index (χ0n) is 13.6. The van der Waals surface area contributed by atoms with E-state index in [1.165, 1.54) is 18.3 Å². The molecule has 0 aliphatic heterocycles. The summed E-state index contributed by atoms with van der Waals surface area (Å²) in [5, 5.41) is 17.4. The van der Waals surface area contributed by atoms with Gasteiger partial charge >= 0.3 is 0 Å². The third-order valence-corrected chi connectivity index (χ3v) is 3.10. The molecule has 2 N–H and O–H groups in total. The van der Waals surface area contributed by atoms with Crippen molar-refractivity contribution in [2.24, 2.45) is 5.10 Å². The Balaban J connectivity index is 1.80. The predicted molar refractivity (Wildman–Crippen MR) is 94.9 cm³/mol. The van der Waals surface area contributed by atoms with Crippen molar-refractivity contribution in [2.45, 2.75) is 6.92 Å². The molecule has 8 nitrogen and oxygen atoms in total. The van der Waals surface area contributed by atoms with Crippen molar-refractivity contribution in [1.82, 2.24) is 5.43 Å². The van der Waals surface area contributed by atoms with Gasteiger partial charge in [0.25, 0.3) is 11.6 Å². The van der Waals surface area contributed by atoms with Crippen LogP contribution in [0.25, 0.3) is 0 Å². The van der Waals surface area contributed by atoms with Crippen LogP contribution in [0.4, 0.5) is 11.4 Å². The molecule has 0 heterocycles. The van der Waals surface area contributed by atoms with E-state index in [0.29, 0.717) is 12.2 Å². The second-order valence-corrected chi connectivity index (χ2v) is 4.96. The fourth-order valence-electron chi connectivity index (χ4n) is 1.96. The lowest BCUT2D eigenvalue weighted by molar-refractivity contribution is -0.384. The molecule has 8 heteroatoms. The van der Waals surface area contributed by atoms with Crippen LogP contribution in [-0.4, -0.2) is 30.2 Å². The van der Waals surface area contributed by atoms with Crippen LogP contribution < -0.4 is 15.5 Å². The number of hydrazone groups is 1. The van der Waals surface area contributed by atoms with E-state index in [2.05, 4.69) is 15.8 Å². The summed E-state index contributed by atoms with van der Waals surface area (Å²) < 4.78 is 5.34. The molecule has 0 aliphatic rings. The minimum Gasteiger partial charge on any atom is -0.494 e. The first-order chi connectivity index (χ1) is 12.1. The smallest absolute Gasteiger partial charge is 0.270 e. The number of carbonyl (C=O) groups excluding carboxylic acids is 1. The lowest BCUT2D eigenvalue weighted by Crippen LogP contribution is -2.25. The molecule has 0 aliphatic carbocycles. The first-order valence-electron chi connectivity index (χ1n) is 7.61. The van der Waals surface area contributed by atoms with Gasteiger partial charge in [-0.05, 0) is 31.2 Å². The van der Waals surface area contributed by atoms with Crippen LogP contribution in [0.1, 0.15) is 12.5 Å². The van der Waals surface area contributed by atoms with Crippen LogP contribution in [0.5, 0.6) is 5.75 Å². The Bertz CT molecular complexity index is 759. The molecule has 0 unspecified atom stereocenters. The highest BCUT2D eigenvalue weighted by atomic mass is 16.6. The average Bonchev–Trinajstić information content (AvgIpc) is 2.61. The molecule has 1 amide bonds. The van der Waals surface area contributed by atoms with E-state index in [1.54, 1.807) is 12.1 Å². The van der Waals surface area contributed by atoms with Gasteiger partial charge in [0, 0.05) is 23.4 Å². The second kappa shape index (κ2) is 9.02. The van der Waals surface area contributed by atoms with E-state index < -0.39 is 4.92 Å². The number of hydrogen-bond acceptors (Lipinski definition) is 6. The zero-order chi connectivity index (χ0) is 18.1. The average molecular weight is 342 g/mol. The first-order valence-corrected chi connectivity index (χ1v) is 7.61. The van der Waals surface area contributed by atoms with Crippen molar-refractivity contribution in [2.75, 3.05) is 18.5 Å². The van der Waals surface area contributed by atoms with Crippen molar-refractivity contribution in [3.8, 4) is 5.75 Å². The molecule has 25 heavy (non-hydrogen) atoms. The molecule has 2 rings (SSSR count). The maximum absolute atomic E-state index is 11.7. The summed E-state index contributed by atoms with van der Waals surface area (Å²) in [6, 6.07) is 13.2. The van der Waals surface area contributed by atoms with Crippen LogP contribution in [0.15, 0.2) is 53.6 Å². The molecule has 0 saturated carbocycles. The monoisotopic (exact) mass is 342 g/mol. The van der Waals surface area contributed by atoms with Gasteiger partial charge in [0.1, 0.15) is 5.75 Å². The first kappa shape index (κ1) is 17.9. The molecule has 0 spiro atoms. The van der Waals surface area contributed by atoms with Crippen LogP contribution in [-0.2, 0) is 4.79 Å². The summed E-state index contributed by atoms with van der Waals surface area (Å²) in [6.45, 7) is 2.54. The largest absolute Gasteiger partial charge is 0.494 e. The number of non-ortho nitro benzene ring substituents is 1. The number of nitrogens with zero attached hydrogens (tertiary/aromatic N) is 2. The maximum Gasteiger partial charge on any atom is 0.270 e.